The van der Waals surface area contributed by atoms with Gasteiger partial charge in [-0.15, -0.1) is 0 Å². The van der Waals surface area contributed by atoms with Crippen LogP contribution in [0.3, 0.4) is 0 Å². The zero-order valence-electron chi connectivity index (χ0n) is 15.6. The van der Waals surface area contributed by atoms with Crippen molar-refractivity contribution in [1.29, 1.82) is 0 Å². The summed E-state index contributed by atoms with van der Waals surface area (Å²) in [5.41, 5.74) is 3.93. The van der Waals surface area contributed by atoms with E-state index >= 15 is 0 Å². The highest BCUT2D eigenvalue weighted by molar-refractivity contribution is 6.36. The summed E-state index contributed by atoms with van der Waals surface area (Å²) >= 11 is 0. The number of carbonyl (C=O) groups is 2. The smallest absolute Gasteiger partial charge is 0.278 e. The van der Waals surface area contributed by atoms with Crippen LogP contribution in [0.5, 0.6) is 5.75 Å². The first-order valence-electron chi connectivity index (χ1n) is 9.26. The van der Waals surface area contributed by atoms with E-state index in [2.05, 4.69) is 6.07 Å². The molecule has 0 unspecified atom stereocenters. The van der Waals surface area contributed by atoms with Crippen LogP contribution >= 0.6 is 0 Å². The topological polar surface area (TPSA) is 49.9 Å². The van der Waals surface area contributed by atoms with Gasteiger partial charge in [0.15, 0.2) is 0 Å². The fraction of sp³-hybridized carbons (Fsp3) is 0.273. The lowest BCUT2D eigenvalue weighted by Crippen LogP contribution is -2.35. The molecule has 5 nitrogen and oxygen atoms in total. The van der Waals surface area contributed by atoms with Crippen LogP contribution < -0.4 is 9.64 Å². The van der Waals surface area contributed by atoms with Crippen molar-refractivity contribution in [1.82, 2.24) is 4.90 Å². The highest BCUT2D eigenvalue weighted by atomic mass is 16.5. The van der Waals surface area contributed by atoms with E-state index in [0.29, 0.717) is 24.4 Å². The number of imide groups is 1. The lowest BCUT2D eigenvalue weighted by atomic mass is 10.0. The Hall–Kier alpha value is -3.08. The van der Waals surface area contributed by atoms with Crippen LogP contribution in [-0.2, 0) is 16.0 Å². The second-order valence-electron chi connectivity index (χ2n) is 6.74. The van der Waals surface area contributed by atoms with Gasteiger partial charge >= 0.3 is 0 Å². The Morgan fingerprint density at radius 2 is 1.74 bits per heavy atom. The molecule has 4 rings (SSSR count). The number of carbonyl (C=O) groups excluding carboxylic acids is 2. The van der Waals surface area contributed by atoms with Crippen molar-refractivity contribution >= 4 is 23.1 Å². The van der Waals surface area contributed by atoms with Crippen LogP contribution in [0.15, 0.2) is 54.2 Å². The number of hydrogen-bond donors (Lipinski definition) is 0. The van der Waals surface area contributed by atoms with E-state index in [0.717, 1.165) is 29.8 Å². The summed E-state index contributed by atoms with van der Waals surface area (Å²) in [6, 6.07) is 15.4. The minimum absolute atomic E-state index is 0.204. The van der Waals surface area contributed by atoms with Gasteiger partial charge < -0.3 is 9.64 Å². The van der Waals surface area contributed by atoms with Crippen LogP contribution in [0.4, 0.5) is 5.69 Å². The van der Waals surface area contributed by atoms with Crippen molar-refractivity contribution < 1.29 is 14.3 Å². The summed E-state index contributed by atoms with van der Waals surface area (Å²) in [4.78, 5) is 29.7. The molecule has 0 atom stereocenters. The summed E-state index contributed by atoms with van der Waals surface area (Å²) in [5.74, 6) is 0.297. The highest BCUT2D eigenvalue weighted by Crippen LogP contribution is 2.38. The molecule has 0 spiro atoms. The van der Waals surface area contributed by atoms with Crippen molar-refractivity contribution in [2.45, 2.75) is 19.8 Å². The van der Waals surface area contributed by atoms with E-state index in [1.807, 2.05) is 54.3 Å². The normalized spacial score (nSPS) is 16.4. The van der Waals surface area contributed by atoms with Crippen molar-refractivity contribution in [2.75, 3.05) is 25.1 Å². The van der Waals surface area contributed by atoms with E-state index in [1.165, 1.54) is 10.5 Å². The third-order valence-corrected chi connectivity index (χ3v) is 5.13. The molecule has 27 heavy (non-hydrogen) atoms. The molecule has 5 heteroatoms. The van der Waals surface area contributed by atoms with E-state index < -0.39 is 0 Å². The number of rotatable bonds is 5. The first kappa shape index (κ1) is 17.3. The molecule has 0 aliphatic carbocycles. The molecule has 0 radical (unpaired) electrons. The zero-order valence-corrected chi connectivity index (χ0v) is 15.6. The molecule has 0 aromatic heterocycles. The van der Waals surface area contributed by atoms with Gasteiger partial charge in [0.05, 0.1) is 12.7 Å². The lowest BCUT2D eigenvalue weighted by molar-refractivity contribution is -0.136. The minimum atomic E-state index is -0.216. The van der Waals surface area contributed by atoms with Crippen molar-refractivity contribution in [2.24, 2.45) is 0 Å². The molecule has 0 fully saturated rings. The predicted octanol–water partition coefficient (Wildman–Crippen LogP) is 3.25. The molecule has 2 heterocycles. The first-order chi connectivity index (χ1) is 13.2. The van der Waals surface area contributed by atoms with Crippen LogP contribution in [0.2, 0.25) is 0 Å². The largest absolute Gasteiger partial charge is 0.497 e. The quantitative estimate of drug-likeness (QED) is 0.766. The van der Waals surface area contributed by atoms with Crippen molar-refractivity contribution in [3.8, 4) is 5.75 Å². The van der Waals surface area contributed by atoms with Gasteiger partial charge in [-0.3, -0.25) is 14.5 Å². The predicted molar refractivity (Wildman–Crippen MR) is 104 cm³/mol. The Morgan fingerprint density at radius 3 is 2.44 bits per heavy atom. The zero-order chi connectivity index (χ0) is 19.0. The molecule has 2 aromatic carbocycles. The van der Waals surface area contributed by atoms with Gasteiger partial charge in [-0.2, -0.15) is 0 Å². The number of anilines is 1. The van der Waals surface area contributed by atoms with E-state index in [9.17, 15) is 9.59 Å². The average Bonchev–Trinajstić information content (AvgIpc) is 3.22. The monoisotopic (exact) mass is 362 g/mol. The molecule has 0 bridgehead atoms. The number of hydrogen-bond acceptors (Lipinski definition) is 4. The standard InChI is InChI=1S/C22H22N2O3/c1-3-13-24-21(25)19(16-8-10-17(27-2)11-9-16)20(22(24)26)23-14-12-15-6-4-5-7-18(15)23/h4-11H,3,12-14H2,1-2H3. The molecule has 2 amide bonds. The summed E-state index contributed by atoms with van der Waals surface area (Å²) in [7, 11) is 1.61. The van der Waals surface area contributed by atoms with E-state index in [-0.39, 0.29) is 11.8 Å². The van der Waals surface area contributed by atoms with Crippen LogP contribution in [0.1, 0.15) is 24.5 Å². The fourth-order valence-corrected chi connectivity index (χ4v) is 3.83. The summed E-state index contributed by atoms with van der Waals surface area (Å²) in [6.45, 7) is 3.10. The molecule has 2 aliphatic rings. The van der Waals surface area contributed by atoms with Crippen LogP contribution in [-0.4, -0.2) is 36.9 Å². The van der Waals surface area contributed by atoms with Crippen molar-refractivity contribution in [3.63, 3.8) is 0 Å². The van der Waals surface area contributed by atoms with Gasteiger partial charge in [-0.1, -0.05) is 37.3 Å². The maximum atomic E-state index is 13.2. The third kappa shape index (κ3) is 2.79. The molecular formula is C22H22N2O3. The Bertz CT molecular complexity index is 931. The molecule has 138 valence electrons. The summed E-state index contributed by atoms with van der Waals surface area (Å²) in [6.07, 6.45) is 1.60. The summed E-state index contributed by atoms with van der Waals surface area (Å²) < 4.78 is 5.22. The van der Waals surface area contributed by atoms with E-state index in [1.54, 1.807) is 7.11 Å². The second-order valence-corrected chi connectivity index (χ2v) is 6.74. The molecule has 0 saturated carbocycles. The molecule has 2 aliphatic heterocycles. The minimum Gasteiger partial charge on any atom is -0.497 e. The Labute approximate surface area is 158 Å². The number of para-hydroxylation sites is 1. The SMILES string of the molecule is CCCN1C(=O)C(c2ccc(OC)cc2)=C(N2CCc3ccccc32)C1=O. The highest BCUT2D eigenvalue weighted by Gasteiger charge is 2.42. The maximum absolute atomic E-state index is 13.2. The molecule has 0 N–H and O–H groups in total. The molecular weight excluding hydrogens is 340 g/mol. The van der Waals surface area contributed by atoms with Gasteiger partial charge in [0.25, 0.3) is 11.8 Å². The molecule has 2 aromatic rings. The second kappa shape index (κ2) is 6.91. The number of amides is 2. The van der Waals surface area contributed by atoms with Gasteiger partial charge in [-0.05, 0) is 42.2 Å². The third-order valence-electron chi connectivity index (χ3n) is 5.13. The molecule has 0 saturated heterocycles. The average molecular weight is 362 g/mol. The van der Waals surface area contributed by atoms with Crippen LogP contribution in [0.25, 0.3) is 5.57 Å². The van der Waals surface area contributed by atoms with Crippen molar-refractivity contribution in [3.05, 3.63) is 65.4 Å². The van der Waals surface area contributed by atoms with Gasteiger partial charge in [0, 0.05) is 18.8 Å². The fourth-order valence-electron chi connectivity index (χ4n) is 3.83. The Balaban J connectivity index is 1.85. The Kier molecular flexibility index (Phi) is 4.44. The number of nitrogens with zero attached hydrogens (tertiary/aromatic N) is 2. The Morgan fingerprint density at radius 1 is 1.00 bits per heavy atom. The van der Waals surface area contributed by atoms with Crippen LogP contribution in [0, 0.1) is 0 Å². The van der Waals surface area contributed by atoms with E-state index in [4.69, 9.17) is 4.74 Å². The number of fused-ring (bicyclic) bond motifs is 1. The number of ether oxygens (including phenoxy) is 1. The maximum Gasteiger partial charge on any atom is 0.278 e. The first-order valence-corrected chi connectivity index (χ1v) is 9.26. The number of benzene rings is 2. The summed E-state index contributed by atoms with van der Waals surface area (Å²) in [5, 5.41) is 0. The lowest BCUT2D eigenvalue weighted by Gasteiger charge is -2.21. The number of methoxy groups -OCH3 is 1. The van der Waals surface area contributed by atoms with Gasteiger partial charge in [0.2, 0.25) is 0 Å². The van der Waals surface area contributed by atoms with Gasteiger partial charge in [0.1, 0.15) is 11.4 Å². The van der Waals surface area contributed by atoms with Gasteiger partial charge in [-0.25, -0.2) is 0 Å².